The molecule has 0 atom stereocenters. The number of allylic oxidation sites excluding steroid dienone is 8. The predicted molar refractivity (Wildman–Crippen MR) is 212 cm³/mol. The molecule has 4 heteroatoms. The molecule has 0 amide bonds. The first kappa shape index (κ1) is 34.6. The molecule has 4 aromatic carbocycles. The summed E-state index contributed by atoms with van der Waals surface area (Å²) in [6.45, 7) is 18.9. The first-order chi connectivity index (χ1) is 23.4. The Morgan fingerprint density at radius 3 is 2.10 bits per heavy atom. The number of aryl methyl sites for hydroxylation is 1. The molecule has 0 aromatic heterocycles. The van der Waals surface area contributed by atoms with Gasteiger partial charge in [0.05, 0.1) is 5.70 Å². The highest BCUT2D eigenvalue weighted by atomic mass is 35.5. The first-order valence-corrected chi connectivity index (χ1v) is 18.0. The molecule has 1 aliphatic carbocycles. The van der Waals surface area contributed by atoms with E-state index in [2.05, 4.69) is 167 Å². The SMILES string of the molecule is C=C(/C=C/C1=C(N(c2ccccc2)c2ccccc2)C(=C/C=C2/N(CC)c3ccc(Cl)cc3C2(C)C)/CC1)C(C)(C)c1cc(Cl)ccc1C. The molecule has 0 spiro atoms. The second-order valence-electron chi connectivity index (χ2n) is 14.1. The van der Waals surface area contributed by atoms with Gasteiger partial charge < -0.3 is 9.80 Å². The molecule has 2 nitrogen and oxygen atoms in total. The monoisotopic (exact) mass is 684 g/mol. The molecule has 49 heavy (non-hydrogen) atoms. The van der Waals surface area contributed by atoms with E-state index in [1.807, 2.05) is 12.1 Å². The third-order valence-electron chi connectivity index (χ3n) is 10.3. The molecule has 0 fully saturated rings. The zero-order valence-corrected chi connectivity index (χ0v) is 31.0. The number of hydrogen-bond donors (Lipinski definition) is 0. The van der Waals surface area contributed by atoms with E-state index in [0.717, 1.165) is 46.4 Å². The van der Waals surface area contributed by atoms with E-state index in [1.54, 1.807) is 0 Å². The molecule has 1 aliphatic heterocycles. The topological polar surface area (TPSA) is 6.48 Å². The van der Waals surface area contributed by atoms with Crippen molar-refractivity contribution in [1.29, 1.82) is 0 Å². The molecule has 4 aromatic rings. The van der Waals surface area contributed by atoms with Crippen LogP contribution in [-0.4, -0.2) is 6.54 Å². The van der Waals surface area contributed by atoms with Gasteiger partial charge in [0.15, 0.2) is 0 Å². The maximum Gasteiger partial charge on any atom is 0.0525 e. The Bertz CT molecular complexity index is 1950. The minimum absolute atomic E-state index is 0.182. The minimum atomic E-state index is -0.290. The van der Waals surface area contributed by atoms with Crippen molar-refractivity contribution < 1.29 is 0 Å². The van der Waals surface area contributed by atoms with Crippen LogP contribution < -0.4 is 9.80 Å². The number of anilines is 3. The quantitative estimate of drug-likeness (QED) is 0.162. The third-order valence-corrected chi connectivity index (χ3v) is 10.8. The molecule has 1 heterocycles. The summed E-state index contributed by atoms with van der Waals surface area (Å²) in [6.07, 6.45) is 11.1. The molecular formula is C45H46Cl2N2. The van der Waals surface area contributed by atoms with E-state index in [9.17, 15) is 0 Å². The van der Waals surface area contributed by atoms with Crippen LogP contribution in [0, 0.1) is 6.92 Å². The average molecular weight is 686 g/mol. The second kappa shape index (κ2) is 13.9. The van der Waals surface area contributed by atoms with Crippen LogP contribution in [0.4, 0.5) is 17.1 Å². The van der Waals surface area contributed by atoms with E-state index in [4.69, 9.17) is 23.2 Å². The van der Waals surface area contributed by atoms with E-state index in [0.29, 0.717) is 0 Å². The fraction of sp³-hybridized carbons (Fsp3) is 0.244. The summed E-state index contributed by atoms with van der Waals surface area (Å²) in [4.78, 5) is 4.84. The van der Waals surface area contributed by atoms with Gasteiger partial charge in [-0.05, 0) is 121 Å². The summed E-state index contributed by atoms with van der Waals surface area (Å²) in [5.74, 6) is 0. The van der Waals surface area contributed by atoms with Gasteiger partial charge in [0.2, 0.25) is 0 Å². The van der Waals surface area contributed by atoms with E-state index >= 15 is 0 Å². The number of halogens is 2. The van der Waals surface area contributed by atoms with Gasteiger partial charge in [0, 0.05) is 50.2 Å². The summed E-state index contributed by atoms with van der Waals surface area (Å²) in [6, 6.07) is 33.8. The van der Waals surface area contributed by atoms with Crippen LogP contribution in [0.25, 0.3) is 0 Å². The van der Waals surface area contributed by atoms with Crippen molar-refractivity contribution in [1.82, 2.24) is 0 Å². The third kappa shape index (κ3) is 6.70. The van der Waals surface area contributed by atoms with Gasteiger partial charge in [0.25, 0.3) is 0 Å². The molecule has 0 radical (unpaired) electrons. The number of para-hydroxylation sites is 2. The molecule has 0 N–H and O–H groups in total. The number of nitrogens with zero attached hydrogens (tertiary/aromatic N) is 2. The first-order valence-electron chi connectivity index (χ1n) is 17.2. The van der Waals surface area contributed by atoms with Crippen molar-refractivity contribution in [3.63, 3.8) is 0 Å². The van der Waals surface area contributed by atoms with Gasteiger partial charge in [-0.3, -0.25) is 0 Å². The Morgan fingerprint density at radius 1 is 0.857 bits per heavy atom. The summed E-state index contributed by atoms with van der Waals surface area (Å²) < 4.78 is 0. The molecule has 250 valence electrons. The Balaban J connectivity index is 1.49. The Kier molecular flexibility index (Phi) is 9.85. The minimum Gasteiger partial charge on any atom is -0.344 e. The molecule has 0 saturated carbocycles. The van der Waals surface area contributed by atoms with Crippen LogP contribution in [0.5, 0.6) is 0 Å². The van der Waals surface area contributed by atoms with Crippen LogP contribution in [0.1, 0.15) is 64.2 Å². The molecule has 0 saturated heterocycles. The van der Waals surface area contributed by atoms with E-state index in [1.165, 1.54) is 44.9 Å². The largest absolute Gasteiger partial charge is 0.344 e. The van der Waals surface area contributed by atoms with Crippen molar-refractivity contribution in [3.8, 4) is 0 Å². The summed E-state index contributed by atoms with van der Waals surface area (Å²) in [5, 5.41) is 1.52. The number of rotatable bonds is 9. The molecule has 2 aliphatic rings. The van der Waals surface area contributed by atoms with Gasteiger partial charge in [-0.2, -0.15) is 0 Å². The fourth-order valence-electron chi connectivity index (χ4n) is 7.40. The van der Waals surface area contributed by atoms with Crippen molar-refractivity contribution in [2.24, 2.45) is 0 Å². The smallest absolute Gasteiger partial charge is 0.0525 e. The zero-order chi connectivity index (χ0) is 34.9. The van der Waals surface area contributed by atoms with E-state index in [-0.39, 0.29) is 10.8 Å². The zero-order valence-electron chi connectivity index (χ0n) is 29.5. The number of fused-ring (bicyclic) bond motifs is 1. The Hall–Kier alpha value is -4.24. The number of hydrogen-bond acceptors (Lipinski definition) is 2. The normalized spacial score (nSPS) is 17.4. The number of benzene rings is 4. The Morgan fingerprint density at radius 2 is 1.47 bits per heavy atom. The Labute approximate surface area is 303 Å². The van der Waals surface area contributed by atoms with Crippen LogP contribution in [0.15, 0.2) is 156 Å². The lowest BCUT2D eigenvalue weighted by Gasteiger charge is -2.29. The van der Waals surface area contributed by atoms with Crippen LogP contribution in [0.2, 0.25) is 10.0 Å². The van der Waals surface area contributed by atoms with Gasteiger partial charge in [0.1, 0.15) is 0 Å². The maximum absolute atomic E-state index is 6.51. The highest BCUT2D eigenvalue weighted by Gasteiger charge is 2.39. The van der Waals surface area contributed by atoms with Crippen molar-refractivity contribution in [2.75, 3.05) is 16.3 Å². The predicted octanol–water partition coefficient (Wildman–Crippen LogP) is 13.2. The summed E-state index contributed by atoms with van der Waals surface area (Å²) in [5.41, 5.74) is 12.8. The van der Waals surface area contributed by atoms with Crippen LogP contribution >= 0.6 is 23.2 Å². The standard InChI is InChI=1S/C45H46Cl2N2/c1-8-48-41-27-26-36(47)30-40(41)45(6,7)42(48)28-24-34-23-22-33(21-20-32(3)44(4,5)39-29-35(46)25-19-31(39)2)43(34)49(37-15-11-9-12-16-37)38-17-13-10-14-18-38/h9-21,24-30H,3,8,22-23H2,1-2,4-7H3/b21-20+,34-24+,42-28+. The number of likely N-dealkylation sites (N-methyl/N-ethyl adjacent to an activating group) is 1. The highest BCUT2D eigenvalue weighted by molar-refractivity contribution is 6.31. The van der Waals surface area contributed by atoms with Gasteiger partial charge in [-0.25, -0.2) is 0 Å². The van der Waals surface area contributed by atoms with Gasteiger partial charge in [-0.15, -0.1) is 0 Å². The summed E-state index contributed by atoms with van der Waals surface area (Å²) in [7, 11) is 0. The average Bonchev–Trinajstić information content (AvgIpc) is 3.58. The van der Waals surface area contributed by atoms with E-state index < -0.39 is 0 Å². The van der Waals surface area contributed by atoms with Crippen molar-refractivity contribution in [3.05, 3.63) is 183 Å². The lowest BCUT2D eigenvalue weighted by Crippen LogP contribution is -2.25. The molecule has 0 bridgehead atoms. The second-order valence-corrected chi connectivity index (χ2v) is 15.0. The fourth-order valence-corrected chi connectivity index (χ4v) is 7.75. The van der Waals surface area contributed by atoms with Gasteiger partial charge in [-0.1, -0.05) is 118 Å². The lowest BCUT2D eigenvalue weighted by atomic mass is 9.76. The highest BCUT2D eigenvalue weighted by Crippen LogP contribution is 2.49. The molecular weight excluding hydrogens is 639 g/mol. The molecule has 0 unspecified atom stereocenters. The van der Waals surface area contributed by atoms with Crippen LogP contribution in [0.3, 0.4) is 0 Å². The lowest BCUT2D eigenvalue weighted by molar-refractivity contribution is 0.633. The molecule has 6 rings (SSSR count). The summed E-state index contributed by atoms with van der Waals surface area (Å²) >= 11 is 13.0. The van der Waals surface area contributed by atoms with Gasteiger partial charge >= 0.3 is 0 Å². The van der Waals surface area contributed by atoms with Crippen LogP contribution in [-0.2, 0) is 10.8 Å². The maximum atomic E-state index is 6.51. The van der Waals surface area contributed by atoms with Crippen molar-refractivity contribution >= 4 is 40.3 Å². The van der Waals surface area contributed by atoms with Crippen molar-refractivity contribution in [2.45, 2.75) is 65.2 Å².